The van der Waals surface area contributed by atoms with Crippen LogP contribution in [0.25, 0.3) is 0 Å². The minimum atomic E-state index is 0.271. The summed E-state index contributed by atoms with van der Waals surface area (Å²) in [6.45, 7) is 3.80. The average Bonchev–Trinajstić information content (AvgIpc) is 2.83. The van der Waals surface area contributed by atoms with Crippen molar-refractivity contribution in [3.8, 4) is 0 Å². The number of nitrogens with zero attached hydrogens (tertiary/aromatic N) is 1. The SMILES string of the molecule is Cc1ccc(NCc2ccc3n2CCCC3=O)cc1. The van der Waals surface area contributed by atoms with Gasteiger partial charge in [0, 0.05) is 24.3 Å². The Morgan fingerprint density at radius 3 is 2.74 bits per heavy atom. The molecule has 2 heterocycles. The number of carbonyl (C=O) groups excluding carboxylic acids is 1. The van der Waals surface area contributed by atoms with Gasteiger partial charge in [-0.1, -0.05) is 17.7 Å². The summed E-state index contributed by atoms with van der Waals surface area (Å²) in [6.07, 6.45) is 1.65. The van der Waals surface area contributed by atoms with Gasteiger partial charge in [-0.15, -0.1) is 0 Å². The molecule has 0 spiro atoms. The normalized spacial score (nSPS) is 14.3. The lowest BCUT2D eigenvalue weighted by Crippen LogP contribution is -2.19. The summed E-state index contributed by atoms with van der Waals surface area (Å²) >= 11 is 0. The second-order valence-corrected chi connectivity index (χ2v) is 5.11. The number of Topliss-reactive ketones (excluding diaryl/α,β-unsaturated/α-hetero) is 1. The van der Waals surface area contributed by atoms with E-state index in [1.165, 1.54) is 11.3 Å². The van der Waals surface area contributed by atoms with Crippen LogP contribution in [-0.2, 0) is 13.1 Å². The van der Waals surface area contributed by atoms with E-state index in [1.54, 1.807) is 0 Å². The molecule has 2 aromatic rings. The predicted octanol–water partition coefficient (Wildman–Crippen LogP) is 3.39. The lowest BCUT2D eigenvalue weighted by Gasteiger charge is -2.17. The molecule has 1 N–H and O–H groups in total. The molecule has 0 atom stereocenters. The third-order valence-electron chi connectivity index (χ3n) is 3.67. The first kappa shape index (κ1) is 12.0. The van der Waals surface area contributed by atoms with Gasteiger partial charge in [0.1, 0.15) is 0 Å². The summed E-state index contributed by atoms with van der Waals surface area (Å²) in [5, 5.41) is 3.41. The van der Waals surface area contributed by atoms with Crippen LogP contribution in [0.1, 0.15) is 34.6 Å². The van der Waals surface area contributed by atoms with Crippen LogP contribution in [0.5, 0.6) is 0 Å². The maximum absolute atomic E-state index is 11.8. The van der Waals surface area contributed by atoms with Crippen LogP contribution in [0, 0.1) is 6.92 Å². The van der Waals surface area contributed by atoms with Gasteiger partial charge in [0.05, 0.1) is 12.2 Å². The van der Waals surface area contributed by atoms with Gasteiger partial charge in [-0.25, -0.2) is 0 Å². The third-order valence-corrected chi connectivity index (χ3v) is 3.67. The fraction of sp³-hybridized carbons (Fsp3) is 0.312. The van der Waals surface area contributed by atoms with Crippen molar-refractivity contribution in [2.24, 2.45) is 0 Å². The number of rotatable bonds is 3. The molecule has 0 radical (unpaired) electrons. The Morgan fingerprint density at radius 2 is 1.95 bits per heavy atom. The fourth-order valence-electron chi connectivity index (χ4n) is 2.56. The van der Waals surface area contributed by atoms with Crippen molar-refractivity contribution in [1.82, 2.24) is 4.57 Å². The van der Waals surface area contributed by atoms with Gasteiger partial charge >= 0.3 is 0 Å². The van der Waals surface area contributed by atoms with E-state index in [0.717, 1.165) is 30.9 Å². The largest absolute Gasteiger partial charge is 0.379 e. The number of carbonyl (C=O) groups is 1. The summed E-state index contributed by atoms with van der Waals surface area (Å²) < 4.78 is 2.15. The van der Waals surface area contributed by atoms with E-state index in [1.807, 2.05) is 6.07 Å². The summed E-state index contributed by atoms with van der Waals surface area (Å²) in [6, 6.07) is 12.4. The molecular weight excluding hydrogens is 236 g/mol. The predicted molar refractivity (Wildman–Crippen MR) is 76.5 cm³/mol. The number of anilines is 1. The minimum absolute atomic E-state index is 0.271. The van der Waals surface area contributed by atoms with E-state index >= 15 is 0 Å². The summed E-state index contributed by atoms with van der Waals surface area (Å²) in [5.41, 5.74) is 4.43. The smallest absolute Gasteiger partial charge is 0.179 e. The molecule has 0 unspecified atom stereocenters. The number of aromatic nitrogens is 1. The first-order valence-electron chi connectivity index (χ1n) is 6.76. The zero-order valence-corrected chi connectivity index (χ0v) is 11.1. The highest BCUT2D eigenvalue weighted by Gasteiger charge is 2.18. The van der Waals surface area contributed by atoms with Crippen LogP contribution in [0.2, 0.25) is 0 Å². The Kier molecular flexibility index (Phi) is 3.11. The maximum atomic E-state index is 11.8. The van der Waals surface area contributed by atoms with E-state index < -0.39 is 0 Å². The average molecular weight is 254 g/mol. The van der Waals surface area contributed by atoms with Gasteiger partial charge in [0.25, 0.3) is 0 Å². The molecule has 0 amide bonds. The van der Waals surface area contributed by atoms with E-state index in [4.69, 9.17) is 0 Å². The summed E-state index contributed by atoms with van der Waals surface area (Å²) in [4.78, 5) is 11.8. The van der Waals surface area contributed by atoms with Crippen molar-refractivity contribution in [2.75, 3.05) is 5.32 Å². The molecule has 0 bridgehead atoms. The van der Waals surface area contributed by atoms with Crippen LogP contribution in [-0.4, -0.2) is 10.4 Å². The number of fused-ring (bicyclic) bond motifs is 1. The van der Waals surface area contributed by atoms with Crippen molar-refractivity contribution in [2.45, 2.75) is 32.9 Å². The third kappa shape index (κ3) is 2.41. The minimum Gasteiger partial charge on any atom is -0.379 e. The van der Waals surface area contributed by atoms with Crippen molar-refractivity contribution in [3.05, 3.63) is 53.3 Å². The standard InChI is InChI=1S/C16H18N2O/c1-12-4-6-13(7-5-12)17-11-14-8-9-15-16(19)3-2-10-18(14)15/h4-9,17H,2-3,10-11H2,1H3. The highest BCUT2D eigenvalue weighted by Crippen LogP contribution is 2.20. The zero-order valence-electron chi connectivity index (χ0n) is 11.1. The highest BCUT2D eigenvalue weighted by atomic mass is 16.1. The zero-order chi connectivity index (χ0) is 13.2. The molecule has 1 aromatic carbocycles. The van der Waals surface area contributed by atoms with Crippen LogP contribution >= 0.6 is 0 Å². The van der Waals surface area contributed by atoms with Crippen LogP contribution in [0.4, 0.5) is 5.69 Å². The molecule has 3 rings (SSSR count). The van der Waals surface area contributed by atoms with Gasteiger partial charge < -0.3 is 9.88 Å². The first-order valence-corrected chi connectivity index (χ1v) is 6.76. The first-order chi connectivity index (χ1) is 9.24. The topological polar surface area (TPSA) is 34.0 Å². The van der Waals surface area contributed by atoms with Crippen molar-refractivity contribution in [1.29, 1.82) is 0 Å². The molecule has 0 aliphatic carbocycles. The molecule has 1 aliphatic heterocycles. The second kappa shape index (κ2) is 4.92. The maximum Gasteiger partial charge on any atom is 0.179 e. The van der Waals surface area contributed by atoms with Crippen LogP contribution in [0.3, 0.4) is 0 Å². The molecule has 3 heteroatoms. The number of ketones is 1. The van der Waals surface area contributed by atoms with Gasteiger partial charge in [0.2, 0.25) is 0 Å². The Bertz CT molecular complexity index is 596. The molecule has 1 aromatic heterocycles. The molecule has 1 aliphatic rings. The van der Waals surface area contributed by atoms with Crippen molar-refractivity contribution < 1.29 is 4.79 Å². The molecule has 3 nitrogen and oxygen atoms in total. The van der Waals surface area contributed by atoms with Crippen molar-refractivity contribution in [3.63, 3.8) is 0 Å². The Labute approximate surface area is 113 Å². The molecule has 98 valence electrons. The molecule has 0 saturated carbocycles. The fourth-order valence-corrected chi connectivity index (χ4v) is 2.56. The Balaban J connectivity index is 1.74. The van der Waals surface area contributed by atoms with Gasteiger partial charge in [0.15, 0.2) is 5.78 Å². The lowest BCUT2D eigenvalue weighted by atomic mass is 10.1. The van der Waals surface area contributed by atoms with Gasteiger partial charge in [-0.05, 0) is 37.6 Å². The van der Waals surface area contributed by atoms with E-state index in [9.17, 15) is 4.79 Å². The number of benzene rings is 1. The second-order valence-electron chi connectivity index (χ2n) is 5.11. The molecular formula is C16H18N2O. The Morgan fingerprint density at radius 1 is 1.16 bits per heavy atom. The summed E-state index contributed by atoms with van der Waals surface area (Å²) in [7, 11) is 0. The number of nitrogens with one attached hydrogen (secondary N) is 1. The monoisotopic (exact) mass is 254 g/mol. The van der Waals surface area contributed by atoms with Gasteiger partial charge in [-0.2, -0.15) is 0 Å². The number of hydrogen-bond donors (Lipinski definition) is 1. The van der Waals surface area contributed by atoms with E-state index in [2.05, 4.69) is 47.1 Å². The summed E-state index contributed by atoms with van der Waals surface area (Å²) in [5.74, 6) is 0.271. The molecule has 0 fully saturated rings. The van der Waals surface area contributed by atoms with E-state index in [-0.39, 0.29) is 5.78 Å². The van der Waals surface area contributed by atoms with Crippen molar-refractivity contribution >= 4 is 11.5 Å². The highest BCUT2D eigenvalue weighted by molar-refractivity contribution is 5.95. The van der Waals surface area contributed by atoms with Gasteiger partial charge in [-0.3, -0.25) is 4.79 Å². The molecule has 0 saturated heterocycles. The quantitative estimate of drug-likeness (QED) is 0.911. The lowest BCUT2D eigenvalue weighted by molar-refractivity contribution is 0.0954. The van der Waals surface area contributed by atoms with Crippen LogP contribution < -0.4 is 5.32 Å². The Hall–Kier alpha value is -2.03. The number of aryl methyl sites for hydroxylation is 1. The van der Waals surface area contributed by atoms with Crippen LogP contribution in [0.15, 0.2) is 36.4 Å². The number of hydrogen-bond acceptors (Lipinski definition) is 2. The van der Waals surface area contributed by atoms with E-state index in [0.29, 0.717) is 6.42 Å². The molecule has 19 heavy (non-hydrogen) atoms.